The van der Waals surface area contributed by atoms with Crippen LogP contribution in [0.5, 0.6) is 11.5 Å². The first kappa shape index (κ1) is 9.77. The predicted molar refractivity (Wildman–Crippen MR) is 59.6 cm³/mol. The number of pyridine rings is 1. The molecule has 0 saturated carbocycles. The lowest BCUT2D eigenvalue weighted by Crippen LogP contribution is -1.92. The average molecular weight is 203 g/mol. The summed E-state index contributed by atoms with van der Waals surface area (Å²) in [6.07, 6.45) is 1.78. The number of hydrogen-bond donors (Lipinski definition) is 0. The maximum atomic E-state index is 5.31. The molecule has 0 N–H and O–H groups in total. The molecular weight excluding hydrogens is 190 g/mol. The van der Waals surface area contributed by atoms with Crippen molar-refractivity contribution in [1.29, 1.82) is 0 Å². The lowest BCUT2D eigenvalue weighted by atomic mass is 10.1. The quantitative estimate of drug-likeness (QED) is 0.751. The summed E-state index contributed by atoms with van der Waals surface area (Å²) in [6, 6.07) is 5.73. The topological polar surface area (TPSA) is 31.4 Å². The SMILES string of the molecule is COc1ccc(OC)c2c(C)ccnc12. The minimum atomic E-state index is 0.773. The zero-order valence-corrected chi connectivity index (χ0v) is 9.07. The number of hydrogen-bond acceptors (Lipinski definition) is 3. The van der Waals surface area contributed by atoms with E-state index >= 15 is 0 Å². The maximum Gasteiger partial charge on any atom is 0.145 e. The van der Waals surface area contributed by atoms with Crippen molar-refractivity contribution in [3.05, 3.63) is 30.0 Å². The Labute approximate surface area is 88.7 Å². The molecule has 0 atom stereocenters. The standard InChI is InChI=1S/C12H13NO2/c1-8-6-7-13-12-10(15-3)5-4-9(14-2)11(8)12/h4-7H,1-3H3. The molecule has 2 rings (SSSR count). The van der Waals surface area contributed by atoms with Crippen molar-refractivity contribution >= 4 is 10.9 Å². The van der Waals surface area contributed by atoms with Crippen LogP contribution in [0.2, 0.25) is 0 Å². The fourth-order valence-electron chi connectivity index (χ4n) is 1.70. The number of nitrogens with zero attached hydrogens (tertiary/aromatic N) is 1. The van der Waals surface area contributed by atoms with Crippen LogP contribution in [0.3, 0.4) is 0 Å². The van der Waals surface area contributed by atoms with Crippen LogP contribution in [0.4, 0.5) is 0 Å². The van der Waals surface area contributed by atoms with Gasteiger partial charge in [-0.15, -0.1) is 0 Å². The van der Waals surface area contributed by atoms with E-state index in [0.29, 0.717) is 0 Å². The summed E-state index contributed by atoms with van der Waals surface area (Å²) in [6.45, 7) is 2.03. The van der Waals surface area contributed by atoms with Gasteiger partial charge in [-0.1, -0.05) is 0 Å². The Morgan fingerprint density at radius 3 is 2.33 bits per heavy atom. The molecule has 0 aliphatic rings. The summed E-state index contributed by atoms with van der Waals surface area (Å²) in [5.74, 6) is 1.60. The minimum Gasteiger partial charge on any atom is -0.496 e. The van der Waals surface area contributed by atoms with Gasteiger partial charge in [0.15, 0.2) is 0 Å². The van der Waals surface area contributed by atoms with Crippen LogP contribution in [0.1, 0.15) is 5.56 Å². The number of methoxy groups -OCH3 is 2. The highest BCUT2D eigenvalue weighted by Crippen LogP contribution is 2.33. The lowest BCUT2D eigenvalue weighted by molar-refractivity contribution is 0.409. The van der Waals surface area contributed by atoms with Crippen molar-refractivity contribution in [3.63, 3.8) is 0 Å². The highest BCUT2D eigenvalue weighted by Gasteiger charge is 2.09. The van der Waals surface area contributed by atoms with Crippen molar-refractivity contribution in [3.8, 4) is 11.5 Å². The Balaban J connectivity index is 2.86. The van der Waals surface area contributed by atoms with E-state index in [1.54, 1.807) is 20.4 Å². The first-order valence-electron chi connectivity index (χ1n) is 4.74. The summed E-state index contributed by atoms with van der Waals surface area (Å²) in [5.41, 5.74) is 1.98. The molecule has 3 heteroatoms. The Hall–Kier alpha value is -1.77. The number of fused-ring (bicyclic) bond motifs is 1. The molecule has 1 aromatic carbocycles. The molecule has 0 radical (unpaired) electrons. The van der Waals surface area contributed by atoms with Gasteiger partial charge in [0.2, 0.25) is 0 Å². The Morgan fingerprint density at radius 2 is 1.67 bits per heavy atom. The smallest absolute Gasteiger partial charge is 0.145 e. The summed E-state index contributed by atoms with van der Waals surface area (Å²) >= 11 is 0. The summed E-state index contributed by atoms with van der Waals surface area (Å²) in [5, 5.41) is 1.01. The van der Waals surface area contributed by atoms with Gasteiger partial charge in [0.1, 0.15) is 17.0 Å². The van der Waals surface area contributed by atoms with Crippen LogP contribution in [0, 0.1) is 6.92 Å². The first-order valence-corrected chi connectivity index (χ1v) is 4.74. The van der Waals surface area contributed by atoms with Crippen LogP contribution in [0.15, 0.2) is 24.4 Å². The fourth-order valence-corrected chi connectivity index (χ4v) is 1.70. The van der Waals surface area contributed by atoms with Crippen molar-refractivity contribution in [2.75, 3.05) is 14.2 Å². The Bertz CT molecular complexity index is 494. The van der Waals surface area contributed by atoms with E-state index in [1.807, 2.05) is 25.1 Å². The third-order valence-corrected chi connectivity index (χ3v) is 2.47. The third-order valence-electron chi connectivity index (χ3n) is 2.47. The molecule has 0 fully saturated rings. The minimum absolute atomic E-state index is 0.773. The molecule has 3 nitrogen and oxygen atoms in total. The van der Waals surface area contributed by atoms with Gasteiger partial charge in [-0.3, -0.25) is 4.98 Å². The van der Waals surface area contributed by atoms with Crippen LogP contribution in [0.25, 0.3) is 10.9 Å². The molecule has 15 heavy (non-hydrogen) atoms. The van der Waals surface area contributed by atoms with Crippen LogP contribution in [-0.2, 0) is 0 Å². The third kappa shape index (κ3) is 1.50. The summed E-state index contributed by atoms with van der Waals surface area (Å²) in [4.78, 5) is 4.32. The predicted octanol–water partition coefficient (Wildman–Crippen LogP) is 2.56. The molecule has 0 unspecified atom stereocenters. The van der Waals surface area contributed by atoms with E-state index in [-0.39, 0.29) is 0 Å². The highest BCUT2D eigenvalue weighted by molar-refractivity contribution is 5.92. The molecule has 0 saturated heterocycles. The molecular formula is C12H13NO2. The molecule has 0 aliphatic carbocycles. The van der Waals surface area contributed by atoms with E-state index < -0.39 is 0 Å². The number of aromatic nitrogens is 1. The van der Waals surface area contributed by atoms with Crippen molar-refractivity contribution in [1.82, 2.24) is 4.98 Å². The normalized spacial score (nSPS) is 10.3. The Kier molecular flexibility index (Phi) is 2.46. The van der Waals surface area contributed by atoms with Gasteiger partial charge < -0.3 is 9.47 Å². The lowest BCUT2D eigenvalue weighted by Gasteiger charge is -2.10. The van der Waals surface area contributed by atoms with Gasteiger partial charge in [0.05, 0.1) is 14.2 Å². The Morgan fingerprint density at radius 1 is 1.00 bits per heavy atom. The average Bonchev–Trinajstić information content (AvgIpc) is 2.28. The van der Waals surface area contributed by atoms with Crippen molar-refractivity contribution in [2.45, 2.75) is 6.92 Å². The van der Waals surface area contributed by atoms with Gasteiger partial charge in [0, 0.05) is 11.6 Å². The number of aryl methyl sites for hydroxylation is 1. The molecule has 0 bridgehead atoms. The van der Waals surface area contributed by atoms with E-state index in [0.717, 1.165) is 28.0 Å². The largest absolute Gasteiger partial charge is 0.496 e. The van der Waals surface area contributed by atoms with E-state index in [2.05, 4.69) is 4.98 Å². The number of rotatable bonds is 2. The molecule has 1 heterocycles. The molecule has 0 aliphatic heterocycles. The zero-order valence-electron chi connectivity index (χ0n) is 9.07. The van der Waals surface area contributed by atoms with Crippen LogP contribution < -0.4 is 9.47 Å². The highest BCUT2D eigenvalue weighted by atomic mass is 16.5. The summed E-state index contributed by atoms with van der Waals surface area (Å²) in [7, 11) is 3.30. The van der Waals surface area contributed by atoms with E-state index in [9.17, 15) is 0 Å². The number of ether oxygens (including phenoxy) is 2. The van der Waals surface area contributed by atoms with Gasteiger partial charge in [-0.2, -0.15) is 0 Å². The van der Waals surface area contributed by atoms with Gasteiger partial charge in [0.25, 0.3) is 0 Å². The monoisotopic (exact) mass is 203 g/mol. The second kappa shape index (κ2) is 3.77. The molecule has 78 valence electrons. The van der Waals surface area contributed by atoms with Crippen LogP contribution in [-0.4, -0.2) is 19.2 Å². The maximum absolute atomic E-state index is 5.31. The van der Waals surface area contributed by atoms with Crippen molar-refractivity contribution in [2.24, 2.45) is 0 Å². The fraction of sp³-hybridized carbons (Fsp3) is 0.250. The molecule has 0 spiro atoms. The number of benzene rings is 1. The zero-order chi connectivity index (χ0) is 10.8. The van der Waals surface area contributed by atoms with Gasteiger partial charge in [-0.05, 0) is 30.7 Å². The van der Waals surface area contributed by atoms with Gasteiger partial charge >= 0.3 is 0 Å². The second-order valence-corrected chi connectivity index (χ2v) is 3.32. The van der Waals surface area contributed by atoms with E-state index in [1.165, 1.54) is 0 Å². The first-order chi connectivity index (χ1) is 7.27. The van der Waals surface area contributed by atoms with Crippen molar-refractivity contribution < 1.29 is 9.47 Å². The molecule has 2 aromatic rings. The molecule has 1 aromatic heterocycles. The summed E-state index contributed by atoms with van der Waals surface area (Å²) < 4.78 is 10.6. The van der Waals surface area contributed by atoms with Crippen LogP contribution >= 0.6 is 0 Å². The van der Waals surface area contributed by atoms with Gasteiger partial charge in [-0.25, -0.2) is 0 Å². The molecule has 0 amide bonds. The van der Waals surface area contributed by atoms with E-state index in [4.69, 9.17) is 9.47 Å². The second-order valence-electron chi connectivity index (χ2n) is 3.32.